The standard InChI is InChI=1S/C19H17Cl2N3O2/c1-24-18(4-5-23-24)14-6-13(11-25)7-15(9-14)19(26)22-10-12-2-3-16(20)17(21)8-12/h2-9,25H,10-11H2,1H3,(H,22,26). The highest BCUT2D eigenvalue weighted by Gasteiger charge is 2.12. The number of carbonyl (C=O) groups is 1. The summed E-state index contributed by atoms with van der Waals surface area (Å²) < 4.78 is 1.72. The van der Waals surface area contributed by atoms with Crippen molar-refractivity contribution in [1.29, 1.82) is 0 Å². The Morgan fingerprint density at radius 2 is 1.92 bits per heavy atom. The third-order valence-corrected chi connectivity index (χ3v) is 4.73. The lowest BCUT2D eigenvalue weighted by Crippen LogP contribution is -2.23. The summed E-state index contributed by atoms with van der Waals surface area (Å²) in [6.07, 6.45) is 1.69. The van der Waals surface area contributed by atoms with Crippen LogP contribution in [0.4, 0.5) is 0 Å². The Balaban J connectivity index is 1.82. The highest BCUT2D eigenvalue weighted by Crippen LogP contribution is 2.24. The minimum absolute atomic E-state index is 0.154. The van der Waals surface area contributed by atoms with Crippen LogP contribution < -0.4 is 5.32 Å². The van der Waals surface area contributed by atoms with E-state index in [0.29, 0.717) is 27.7 Å². The Morgan fingerprint density at radius 1 is 1.12 bits per heavy atom. The zero-order valence-corrected chi connectivity index (χ0v) is 15.6. The second-order valence-electron chi connectivity index (χ2n) is 5.85. The zero-order chi connectivity index (χ0) is 18.7. The molecule has 0 saturated carbocycles. The van der Waals surface area contributed by atoms with Crippen LogP contribution in [0.2, 0.25) is 10.0 Å². The number of aromatic nitrogens is 2. The highest BCUT2D eigenvalue weighted by atomic mass is 35.5. The van der Waals surface area contributed by atoms with Gasteiger partial charge >= 0.3 is 0 Å². The molecule has 0 unspecified atom stereocenters. The Hall–Kier alpha value is -2.34. The number of benzene rings is 2. The van der Waals surface area contributed by atoms with Crippen LogP contribution in [0.15, 0.2) is 48.7 Å². The Kier molecular flexibility index (Phi) is 5.61. The molecule has 0 fully saturated rings. The number of hydrogen-bond donors (Lipinski definition) is 2. The molecule has 134 valence electrons. The summed E-state index contributed by atoms with van der Waals surface area (Å²) in [5.74, 6) is -0.241. The monoisotopic (exact) mass is 389 g/mol. The van der Waals surface area contributed by atoms with E-state index >= 15 is 0 Å². The maximum atomic E-state index is 12.6. The van der Waals surface area contributed by atoms with Crippen LogP contribution in [-0.2, 0) is 20.2 Å². The first-order chi connectivity index (χ1) is 12.5. The Bertz CT molecular complexity index is 954. The summed E-state index contributed by atoms with van der Waals surface area (Å²) in [6.45, 7) is 0.166. The molecule has 2 N–H and O–H groups in total. The summed E-state index contributed by atoms with van der Waals surface area (Å²) in [5, 5.41) is 17.4. The summed E-state index contributed by atoms with van der Waals surface area (Å²) in [4.78, 5) is 12.6. The molecule has 7 heteroatoms. The predicted octanol–water partition coefficient (Wildman–Crippen LogP) is 3.82. The lowest BCUT2D eigenvalue weighted by Gasteiger charge is -2.10. The molecule has 1 heterocycles. The molecule has 2 aromatic carbocycles. The number of aliphatic hydroxyl groups excluding tert-OH is 1. The first-order valence-electron chi connectivity index (χ1n) is 7.93. The van der Waals surface area contributed by atoms with Crippen molar-refractivity contribution in [2.24, 2.45) is 7.05 Å². The smallest absolute Gasteiger partial charge is 0.251 e. The van der Waals surface area contributed by atoms with Crippen LogP contribution in [0.25, 0.3) is 11.3 Å². The van der Waals surface area contributed by atoms with Crippen LogP contribution in [0, 0.1) is 0 Å². The van der Waals surface area contributed by atoms with E-state index in [9.17, 15) is 9.90 Å². The SMILES string of the molecule is Cn1nccc1-c1cc(CO)cc(C(=O)NCc2ccc(Cl)c(Cl)c2)c1. The van der Waals surface area contributed by atoms with E-state index < -0.39 is 0 Å². The quantitative estimate of drug-likeness (QED) is 0.696. The van der Waals surface area contributed by atoms with E-state index in [-0.39, 0.29) is 12.5 Å². The lowest BCUT2D eigenvalue weighted by atomic mass is 10.0. The number of aryl methyl sites for hydroxylation is 1. The van der Waals surface area contributed by atoms with E-state index in [0.717, 1.165) is 16.8 Å². The molecule has 1 amide bonds. The number of carbonyl (C=O) groups excluding carboxylic acids is 1. The summed E-state index contributed by atoms with van der Waals surface area (Å²) in [7, 11) is 1.82. The first-order valence-corrected chi connectivity index (χ1v) is 8.69. The molecule has 0 saturated heterocycles. The van der Waals surface area contributed by atoms with Crippen molar-refractivity contribution < 1.29 is 9.90 Å². The van der Waals surface area contributed by atoms with Crippen molar-refractivity contribution in [2.75, 3.05) is 0 Å². The highest BCUT2D eigenvalue weighted by molar-refractivity contribution is 6.42. The third-order valence-electron chi connectivity index (χ3n) is 3.99. The fraction of sp³-hybridized carbons (Fsp3) is 0.158. The van der Waals surface area contributed by atoms with E-state index in [4.69, 9.17) is 23.2 Å². The van der Waals surface area contributed by atoms with Crippen LogP contribution in [0.3, 0.4) is 0 Å². The lowest BCUT2D eigenvalue weighted by molar-refractivity contribution is 0.0950. The molecule has 0 bridgehead atoms. The molecule has 1 aromatic heterocycles. The number of halogens is 2. The average molecular weight is 390 g/mol. The van der Waals surface area contributed by atoms with Crippen molar-refractivity contribution in [3.05, 3.63) is 75.4 Å². The van der Waals surface area contributed by atoms with Crippen molar-refractivity contribution >= 4 is 29.1 Å². The van der Waals surface area contributed by atoms with Gasteiger partial charge in [-0.2, -0.15) is 5.10 Å². The molecule has 0 radical (unpaired) electrons. The summed E-state index contributed by atoms with van der Waals surface area (Å²) in [5.41, 5.74) is 3.64. The van der Waals surface area contributed by atoms with Gasteiger partial charge in [0.1, 0.15) is 0 Å². The van der Waals surface area contributed by atoms with Gasteiger partial charge in [-0.05, 0) is 47.5 Å². The van der Waals surface area contributed by atoms with Crippen molar-refractivity contribution in [2.45, 2.75) is 13.2 Å². The molecule has 0 aliphatic heterocycles. The summed E-state index contributed by atoms with van der Waals surface area (Å²) in [6, 6.07) is 12.4. The maximum absolute atomic E-state index is 12.6. The van der Waals surface area contributed by atoms with Crippen LogP contribution >= 0.6 is 23.2 Å². The normalized spacial score (nSPS) is 10.8. The number of nitrogens with one attached hydrogen (secondary N) is 1. The molecule has 0 aliphatic carbocycles. The molecule has 5 nitrogen and oxygen atoms in total. The van der Waals surface area contributed by atoms with Gasteiger partial charge in [-0.3, -0.25) is 9.48 Å². The number of rotatable bonds is 5. The summed E-state index contributed by atoms with van der Waals surface area (Å²) >= 11 is 11.9. The minimum atomic E-state index is -0.241. The van der Waals surface area contributed by atoms with Gasteiger partial charge in [0.05, 0.1) is 22.3 Å². The Morgan fingerprint density at radius 3 is 2.58 bits per heavy atom. The maximum Gasteiger partial charge on any atom is 0.251 e. The molecule has 0 spiro atoms. The van der Waals surface area contributed by atoms with E-state index in [1.807, 2.05) is 19.2 Å². The fourth-order valence-corrected chi connectivity index (χ4v) is 2.97. The van der Waals surface area contributed by atoms with Crippen LogP contribution in [0.1, 0.15) is 21.5 Å². The van der Waals surface area contributed by atoms with Gasteiger partial charge in [0, 0.05) is 30.9 Å². The van der Waals surface area contributed by atoms with E-state index in [1.54, 1.807) is 41.2 Å². The number of amides is 1. The van der Waals surface area contributed by atoms with Gasteiger partial charge in [-0.25, -0.2) is 0 Å². The van der Waals surface area contributed by atoms with Crippen molar-refractivity contribution in [3.8, 4) is 11.3 Å². The number of hydrogen-bond acceptors (Lipinski definition) is 3. The molecule has 0 atom stereocenters. The molecule has 3 aromatic rings. The minimum Gasteiger partial charge on any atom is -0.392 e. The van der Waals surface area contributed by atoms with Gasteiger partial charge in [0.2, 0.25) is 0 Å². The largest absolute Gasteiger partial charge is 0.392 e. The molecule has 26 heavy (non-hydrogen) atoms. The zero-order valence-electron chi connectivity index (χ0n) is 14.0. The topological polar surface area (TPSA) is 67.1 Å². The molecule has 3 rings (SSSR count). The third kappa shape index (κ3) is 4.07. The molecular weight excluding hydrogens is 373 g/mol. The number of nitrogens with zero attached hydrogens (tertiary/aromatic N) is 2. The van der Waals surface area contributed by atoms with Gasteiger partial charge < -0.3 is 10.4 Å². The predicted molar refractivity (Wildman–Crippen MR) is 102 cm³/mol. The number of aliphatic hydroxyl groups is 1. The van der Waals surface area contributed by atoms with Gasteiger partial charge in [-0.1, -0.05) is 29.3 Å². The second-order valence-corrected chi connectivity index (χ2v) is 6.66. The second kappa shape index (κ2) is 7.91. The van der Waals surface area contributed by atoms with E-state index in [2.05, 4.69) is 10.4 Å². The van der Waals surface area contributed by atoms with Crippen LogP contribution in [-0.4, -0.2) is 20.8 Å². The van der Waals surface area contributed by atoms with Gasteiger partial charge in [0.25, 0.3) is 5.91 Å². The average Bonchev–Trinajstić information content (AvgIpc) is 3.08. The first kappa shape index (κ1) is 18.5. The Labute approximate surface area is 161 Å². The van der Waals surface area contributed by atoms with Gasteiger partial charge in [-0.15, -0.1) is 0 Å². The van der Waals surface area contributed by atoms with E-state index in [1.165, 1.54) is 0 Å². The van der Waals surface area contributed by atoms with Crippen LogP contribution in [0.5, 0.6) is 0 Å². The van der Waals surface area contributed by atoms with Crippen molar-refractivity contribution in [1.82, 2.24) is 15.1 Å². The van der Waals surface area contributed by atoms with Crippen molar-refractivity contribution in [3.63, 3.8) is 0 Å². The molecular formula is C19H17Cl2N3O2. The van der Waals surface area contributed by atoms with Gasteiger partial charge in [0.15, 0.2) is 0 Å². The fourth-order valence-electron chi connectivity index (χ4n) is 2.65. The molecule has 0 aliphatic rings.